The maximum absolute atomic E-state index is 13.5. The molecular weight excluding hydrogens is 432 g/mol. The van der Waals surface area contributed by atoms with Crippen LogP contribution in [0, 0.1) is 13.8 Å². The summed E-state index contributed by atoms with van der Waals surface area (Å²) in [6.07, 6.45) is 5.82. The lowest BCUT2D eigenvalue weighted by molar-refractivity contribution is -0.141. The topological polar surface area (TPSA) is 105 Å². The first-order valence-electron chi connectivity index (χ1n) is 12.3. The van der Waals surface area contributed by atoms with Crippen LogP contribution in [0.3, 0.4) is 0 Å². The highest BCUT2D eigenvalue weighted by Gasteiger charge is 2.33. The van der Waals surface area contributed by atoms with Crippen molar-refractivity contribution in [2.24, 2.45) is 0 Å². The molecule has 2 aromatic rings. The Morgan fingerprint density at radius 1 is 1.15 bits per heavy atom. The van der Waals surface area contributed by atoms with Crippen molar-refractivity contribution in [2.45, 2.75) is 84.2 Å². The van der Waals surface area contributed by atoms with Gasteiger partial charge in [0, 0.05) is 31.5 Å². The molecular formula is C26H36N4O4. The highest BCUT2D eigenvalue weighted by atomic mass is 16.5. The lowest BCUT2D eigenvalue weighted by Crippen LogP contribution is -2.46. The van der Waals surface area contributed by atoms with Gasteiger partial charge in [0.15, 0.2) is 5.82 Å². The van der Waals surface area contributed by atoms with Gasteiger partial charge in [-0.25, -0.2) is 0 Å². The predicted octanol–water partition coefficient (Wildman–Crippen LogP) is 4.44. The first-order chi connectivity index (χ1) is 16.4. The number of aromatic nitrogens is 1. The number of hydrogen-bond acceptors (Lipinski definition) is 5. The zero-order valence-electron chi connectivity index (χ0n) is 20.4. The largest absolute Gasteiger partial charge is 0.360 e. The molecule has 184 valence electrons. The van der Waals surface area contributed by atoms with Crippen LogP contribution >= 0.6 is 0 Å². The fourth-order valence-corrected chi connectivity index (χ4v) is 4.42. The van der Waals surface area contributed by atoms with Crippen LogP contribution in [0.5, 0.6) is 0 Å². The van der Waals surface area contributed by atoms with Crippen LogP contribution in [-0.4, -0.2) is 40.4 Å². The average Bonchev–Trinajstić information content (AvgIpc) is 3.47. The quantitative estimate of drug-likeness (QED) is 0.507. The molecule has 8 nitrogen and oxygen atoms in total. The van der Waals surface area contributed by atoms with Gasteiger partial charge in [-0.05, 0) is 44.2 Å². The number of benzene rings is 1. The van der Waals surface area contributed by atoms with Crippen molar-refractivity contribution >= 4 is 23.5 Å². The number of rotatable bonds is 11. The number of nitrogens with zero attached hydrogens (tertiary/aromatic N) is 2. The number of carbonyl (C=O) groups is 3. The van der Waals surface area contributed by atoms with Gasteiger partial charge in [-0.1, -0.05) is 55.6 Å². The highest BCUT2D eigenvalue weighted by molar-refractivity contribution is 5.94. The van der Waals surface area contributed by atoms with Crippen LogP contribution in [-0.2, 0) is 14.4 Å². The standard InChI is InChI=1S/C26H36N4O4/c1-4-5-16-30(24(32)15-14-23(31)28-22-17-19(3)34-29-22)25(21-13-9-6-10-18(21)2)26(33)27-20-11-7-8-12-20/h6,9-10,13,17,20,25H,4-5,7-8,11-12,14-16H2,1-3H3,(H,27,33)(H,28,29,31)/t25-/m0/s1. The Morgan fingerprint density at radius 3 is 2.53 bits per heavy atom. The minimum Gasteiger partial charge on any atom is -0.360 e. The molecule has 1 aliphatic carbocycles. The van der Waals surface area contributed by atoms with Crippen LogP contribution < -0.4 is 10.6 Å². The van der Waals surface area contributed by atoms with Gasteiger partial charge in [-0.2, -0.15) is 0 Å². The number of nitrogens with one attached hydrogen (secondary N) is 2. The maximum atomic E-state index is 13.5. The summed E-state index contributed by atoms with van der Waals surface area (Å²) < 4.78 is 4.96. The van der Waals surface area contributed by atoms with E-state index in [1.807, 2.05) is 31.2 Å². The number of amides is 3. The van der Waals surface area contributed by atoms with Crippen LogP contribution in [0.25, 0.3) is 0 Å². The lowest BCUT2D eigenvalue weighted by Gasteiger charge is -2.33. The fraction of sp³-hybridized carbons (Fsp3) is 0.538. The second-order valence-corrected chi connectivity index (χ2v) is 9.06. The molecule has 3 rings (SSSR count). The molecule has 0 unspecified atom stereocenters. The van der Waals surface area contributed by atoms with E-state index in [9.17, 15) is 14.4 Å². The molecule has 1 aliphatic rings. The molecule has 0 radical (unpaired) electrons. The van der Waals surface area contributed by atoms with Gasteiger partial charge in [0.1, 0.15) is 11.8 Å². The monoisotopic (exact) mass is 468 g/mol. The Labute approximate surface area is 201 Å². The first kappa shape index (κ1) is 25.5. The molecule has 0 bridgehead atoms. The second-order valence-electron chi connectivity index (χ2n) is 9.06. The molecule has 34 heavy (non-hydrogen) atoms. The lowest BCUT2D eigenvalue weighted by atomic mass is 9.97. The van der Waals surface area contributed by atoms with Crippen LogP contribution in [0.2, 0.25) is 0 Å². The maximum Gasteiger partial charge on any atom is 0.247 e. The molecule has 0 aliphatic heterocycles. The Morgan fingerprint density at radius 2 is 1.88 bits per heavy atom. The predicted molar refractivity (Wildman–Crippen MR) is 130 cm³/mol. The van der Waals surface area contributed by atoms with Gasteiger partial charge in [-0.3, -0.25) is 14.4 Å². The summed E-state index contributed by atoms with van der Waals surface area (Å²) in [5.74, 6) is 0.237. The van der Waals surface area contributed by atoms with Gasteiger partial charge in [-0.15, -0.1) is 0 Å². The molecule has 1 aromatic carbocycles. The van der Waals surface area contributed by atoms with Gasteiger partial charge >= 0.3 is 0 Å². The number of anilines is 1. The second kappa shape index (κ2) is 12.3. The van der Waals surface area contributed by atoms with Gasteiger partial charge in [0.25, 0.3) is 0 Å². The molecule has 1 fully saturated rings. The summed E-state index contributed by atoms with van der Waals surface area (Å²) in [7, 11) is 0. The third-order valence-electron chi connectivity index (χ3n) is 6.28. The number of carbonyl (C=O) groups excluding carboxylic acids is 3. The summed E-state index contributed by atoms with van der Waals surface area (Å²) >= 11 is 0. The van der Waals surface area contributed by atoms with Crippen molar-refractivity contribution < 1.29 is 18.9 Å². The van der Waals surface area contributed by atoms with Crippen molar-refractivity contribution in [3.8, 4) is 0 Å². The molecule has 1 atom stereocenters. The number of unbranched alkanes of at least 4 members (excludes halogenated alkanes) is 1. The molecule has 1 aromatic heterocycles. The Balaban J connectivity index is 1.77. The molecule has 8 heteroatoms. The van der Waals surface area contributed by atoms with Gasteiger partial charge in [0.2, 0.25) is 17.7 Å². The van der Waals surface area contributed by atoms with Crippen LogP contribution in [0.4, 0.5) is 5.82 Å². The third kappa shape index (κ3) is 6.92. The SMILES string of the molecule is CCCCN(C(=O)CCC(=O)Nc1cc(C)on1)[C@H](C(=O)NC1CCCC1)c1ccccc1C. The molecule has 3 amide bonds. The van der Waals surface area contributed by atoms with Crippen molar-refractivity contribution in [1.82, 2.24) is 15.4 Å². The fourth-order valence-electron chi connectivity index (χ4n) is 4.42. The third-order valence-corrected chi connectivity index (χ3v) is 6.28. The molecule has 0 spiro atoms. The van der Waals surface area contributed by atoms with E-state index < -0.39 is 6.04 Å². The van der Waals surface area contributed by atoms with E-state index >= 15 is 0 Å². The molecule has 1 heterocycles. The van der Waals surface area contributed by atoms with Crippen molar-refractivity contribution in [3.63, 3.8) is 0 Å². The van der Waals surface area contributed by atoms with E-state index in [-0.39, 0.29) is 36.6 Å². The highest BCUT2D eigenvalue weighted by Crippen LogP contribution is 2.27. The minimum absolute atomic E-state index is 0.00188. The van der Waals surface area contributed by atoms with E-state index in [0.717, 1.165) is 49.7 Å². The Hall–Kier alpha value is -3.16. The summed E-state index contributed by atoms with van der Waals surface area (Å²) in [6, 6.07) is 8.75. The van der Waals surface area contributed by atoms with Gasteiger partial charge in [0.05, 0.1) is 0 Å². The van der Waals surface area contributed by atoms with E-state index in [2.05, 4.69) is 22.7 Å². The van der Waals surface area contributed by atoms with E-state index in [1.165, 1.54) is 0 Å². The van der Waals surface area contributed by atoms with E-state index in [4.69, 9.17) is 4.52 Å². The summed E-state index contributed by atoms with van der Waals surface area (Å²) in [4.78, 5) is 41.0. The molecule has 0 saturated heterocycles. The van der Waals surface area contributed by atoms with Gasteiger partial charge < -0.3 is 20.1 Å². The summed E-state index contributed by atoms with van der Waals surface area (Å²) in [5.41, 5.74) is 1.78. The zero-order valence-corrected chi connectivity index (χ0v) is 20.4. The normalized spacial score (nSPS) is 14.6. The smallest absolute Gasteiger partial charge is 0.247 e. The summed E-state index contributed by atoms with van der Waals surface area (Å²) in [5, 5.41) is 9.59. The van der Waals surface area contributed by atoms with Crippen molar-refractivity contribution in [1.29, 1.82) is 0 Å². The number of hydrogen-bond donors (Lipinski definition) is 2. The first-order valence-corrected chi connectivity index (χ1v) is 12.3. The van der Waals surface area contributed by atoms with E-state index in [0.29, 0.717) is 18.1 Å². The van der Waals surface area contributed by atoms with Crippen molar-refractivity contribution in [3.05, 3.63) is 47.2 Å². The summed E-state index contributed by atoms with van der Waals surface area (Å²) in [6.45, 7) is 6.20. The van der Waals surface area contributed by atoms with Crippen molar-refractivity contribution in [2.75, 3.05) is 11.9 Å². The zero-order chi connectivity index (χ0) is 24.5. The molecule has 1 saturated carbocycles. The van der Waals surface area contributed by atoms with Crippen LogP contribution in [0.1, 0.15) is 81.2 Å². The van der Waals surface area contributed by atoms with E-state index in [1.54, 1.807) is 17.9 Å². The Bertz CT molecular complexity index is 981. The molecule has 2 N–H and O–H groups in total. The van der Waals surface area contributed by atoms with Crippen LogP contribution in [0.15, 0.2) is 34.9 Å². The average molecular weight is 469 g/mol. The minimum atomic E-state index is -0.720. The number of aryl methyl sites for hydroxylation is 2. The Kier molecular flexibility index (Phi) is 9.24.